The highest BCUT2D eigenvalue weighted by Crippen LogP contribution is 2.47. The standard InChI is InChI=1S/C41H56N8/c1-24(2)27-17-31(25(3)4)35(32(18-27)26(5)6)28-15-29(48-22-46(13)38-36(48)42-20-33(44-38)40(7,8)9)19-30(16-28)49-23-47(14)39-37(49)43-21-34(45-39)41(10,11)12/h15-21,24-26H,22-23H2,1-14H3/i13D3,14D3. The third-order valence-electron chi connectivity index (χ3n) is 9.54. The Morgan fingerprint density at radius 1 is 0.592 bits per heavy atom. The van der Waals surface area contributed by atoms with Gasteiger partial charge < -0.3 is 19.6 Å². The van der Waals surface area contributed by atoms with Crippen LogP contribution in [0.3, 0.4) is 0 Å². The van der Waals surface area contributed by atoms with Gasteiger partial charge in [-0.05, 0) is 63.8 Å². The van der Waals surface area contributed by atoms with E-state index in [1.165, 1.54) is 26.5 Å². The van der Waals surface area contributed by atoms with Crippen molar-refractivity contribution < 1.29 is 8.22 Å². The van der Waals surface area contributed by atoms with Crippen molar-refractivity contribution in [3.8, 4) is 11.1 Å². The third kappa shape index (κ3) is 6.35. The summed E-state index contributed by atoms with van der Waals surface area (Å²) in [5.74, 6) is 2.20. The maximum Gasteiger partial charge on any atom is 0.178 e. The van der Waals surface area contributed by atoms with Crippen LogP contribution in [0, 0.1) is 0 Å². The molecule has 0 N–H and O–H groups in total. The zero-order valence-electron chi connectivity index (χ0n) is 37.3. The molecule has 0 aliphatic carbocycles. The molecule has 6 rings (SSSR count). The van der Waals surface area contributed by atoms with Gasteiger partial charge in [0.15, 0.2) is 23.3 Å². The van der Waals surface area contributed by atoms with E-state index in [2.05, 4.69) is 65.8 Å². The van der Waals surface area contributed by atoms with Crippen LogP contribution in [0.25, 0.3) is 11.1 Å². The fourth-order valence-electron chi connectivity index (χ4n) is 6.51. The smallest absolute Gasteiger partial charge is 0.178 e. The minimum atomic E-state index is -2.48. The summed E-state index contributed by atoms with van der Waals surface area (Å²) in [6.45, 7) is 20.4. The van der Waals surface area contributed by atoms with E-state index in [0.717, 1.165) is 11.1 Å². The van der Waals surface area contributed by atoms with Gasteiger partial charge in [-0.15, -0.1) is 0 Å². The number of anilines is 6. The zero-order valence-corrected chi connectivity index (χ0v) is 31.3. The number of nitrogens with zero attached hydrogens (tertiary/aromatic N) is 8. The second-order valence-corrected chi connectivity index (χ2v) is 16.6. The van der Waals surface area contributed by atoms with E-state index in [4.69, 9.17) is 28.2 Å². The van der Waals surface area contributed by atoms with Crippen molar-refractivity contribution in [1.82, 2.24) is 19.9 Å². The topological polar surface area (TPSA) is 64.5 Å². The molecule has 0 atom stereocenters. The molecule has 4 heterocycles. The summed E-state index contributed by atoms with van der Waals surface area (Å²) in [5, 5.41) is 0. The molecule has 0 spiro atoms. The Kier molecular flexibility index (Phi) is 6.92. The Morgan fingerprint density at radius 3 is 1.37 bits per heavy atom. The first-order chi connectivity index (χ1) is 25.3. The predicted molar refractivity (Wildman–Crippen MR) is 206 cm³/mol. The van der Waals surface area contributed by atoms with Gasteiger partial charge in [-0.25, -0.2) is 19.9 Å². The number of hydrogen-bond acceptors (Lipinski definition) is 8. The highest BCUT2D eigenvalue weighted by atomic mass is 15.4. The van der Waals surface area contributed by atoms with Gasteiger partial charge in [-0.3, -0.25) is 0 Å². The van der Waals surface area contributed by atoms with Crippen LogP contribution in [0.4, 0.5) is 34.6 Å². The Balaban J connectivity index is 1.65. The lowest BCUT2D eigenvalue weighted by Gasteiger charge is -2.27. The highest BCUT2D eigenvalue weighted by molar-refractivity contribution is 5.87. The largest absolute Gasteiger partial charge is 0.338 e. The first-order valence-electron chi connectivity index (χ1n) is 20.5. The Bertz CT molecular complexity index is 1960. The van der Waals surface area contributed by atoms with Crippen molar-refractivity contribution in [2.24, 2.45) is 0 Å². The molecule has 8 heteroatoms. The molecular formula is C41H56N8. The van der Waals surface area contributed by atoms with Crippen LogP contribution in [-0.4, -0.2) is 47.2 Å². The Morgan fingerprint density at radius 2 is 1.02 bits per heavy atom. The van der Waals surface area contributed by atoms with Gasteiger partial charge in [0, 0.05) is 44.4 Å². The van der Waals surface area contributed by atoms with Gasteiger partial charge in [-0.1, -0.05) is 95.2 Å². The monoisotopic (exact) mass is 667 g/mol. The molecule has 0 bridgehead atoms. The minimum Gasteiger partial charge on any atom is -0.338 e. The molecule has 0 fully saturated rings. The highest BCUT2D eigenvalue weighted by Gasteiger charge is 2.34. The van der Waals surface area contributed by atoms with E-state index >= 15 is 0 Å². The molecule has 0 amide bonds. The maximum atomic E-state index is 8.50. The van der Waals surface area contributed by atoms with Crippen LogP contribution >= 0.6 is 0 Å². The molecule has 2 aliphatic rings. The van der Waals surface area contributed by atoms with E-state index in [1.807, 2.05) is 57.4 Å². The van der Waals surface area contributed by atoms with Gasteiger partial charge in [-0.2, -0.15) is 0 Å². The van der Waals surface area contributed by atoms with Crippen LogP contribution in [0.15, 0.2) is 42.7 Å². The van der Waals surface area contributed by atoms with Crippen molar-refractivity contribution in [2.75, 3.05) is 46.9 Å². The van der Waals surface area contributed by atoms with E-state index in [0.29, 0.717) is 52.0 Å². The first-order valence-corrected chi connectivity index (χ1v) is 17.5. The molecule has 0 saturated carbocycles. The third-order valence-corrected chi connectivity index (χ3v) is 9.54. The summed E-state index contributed by atoms with van der Waals surface area (Å²) < 4.78 is 51.0. The van der Waals surface area contributed by atoms with Crippen molar-refractivity contribution >= 4 is 34.6 Å². The number of fused-ring (bicyclic) bond motifs is 2. The number of hydrogen-bond donors (Lipinski definition) is 0. The summed E-state index contributed by atoms with van der Waals surface area (Å²) in [6, 6.07) is 10.8. The molecular weight excluding hydrogens is 605 g/mol. The van der Waals surface area contributed by atoms with Gasteiger partial charge in [0.05, 0.1) is 37.1 Å². The first kappa shape index (κ1) is 27.6. The summed E-state index contributed by atoms with van der Waals surface area (Å²) in [4.78, 5) is 26.0. The number of rotatable bonds is 6. The maximum absolute atomic E-state index is 8.50. The molecule has 8 nitrogen and oxygen atoms in total. The van der Waals surface area contributed by atoms with Crippen LogP contribution in [0.5, 0.6) is 0 Å². The summed E-state index contributed by atoms with van der Waals surface area (Å²) in [5.41, 5.74) is 7.80. The zero-order chi connectivity index (χ0) is 40.7. The Hall–Kier alpha value is -4.20. The fourth-order valence-corrected chi connectivity index (χ4v) is 6.51. The lowest BCUT2D eigenvalue weighted by atomic mass is 9.81. The quantitative estimate of drug-likeness (QED) is 0.202. The van der Waals surface area contributed by atoms with E-state index in [-0.39, 0.29) is 36.0 Å². The van der Waals surface area contributed by atoms with Crippen LogP contribution < -0.4 is 19.6 Å². The summed E-state index contributed by atoms with van der Waals surface area (Å²) in [7, 11) is 0. The number of benzene rings is 2. The fraction of sp³-hybridized carbons (Fsp3) is 0.512. The number of aromatic nitrogens is 4. The van der Waals surface area contributed by atoms with Gasteiger partial charge >= 0.3 is 0 Å². The van der Waals surface area contributed by atoms with Gasteiger partial charge in [0.25, 0.3) is 0 Å². The predicted octanol–water partition coefficient (Wildman–Crippen LogP) is 9.99. The Labute approximate surface area is 303 Å². The molecule has 2 aromatic heterocycles. The lowest BCUT2D eigenvalue weighted by molar-refractivity contribution is 0.566. The van der Waals surface area contributed by atoms with Crippen LogP contribution in [-0.2, 0) is 10.8 Å². The van der Waals surface area contributed by atoms with Gasteiger partial charge in [0.1, 0.15) is 0 Å². The van der Waals surface area contributed by atoms with Gasteiger partial charge in [0.2, 0.25) is 0 Å². The molecule has 0 saturated heterocycles. The van der Waals surface area contributed by atoms with E-state index in [1.54, 1.807) is 12.4 Å². The SMILES string of the molecule is [2H]C([2H])([2H])N1CN(c2cc(-c3c(C(C)C)cc(C(C)C)cc3C(C)C)cc(N3CN(C([2H])([2H])[2H])c4nc(C(C)(C)C)cnc43)c2)c2ncc(C(C)(C)C)nc21. The molecule has 0 unspecified atom stereocenters. The lowest BCUT2D eigenvalue weighted by Crippen LogP contribution is -2.26. The van der Waals surface area contributed by atoms with Crippen molar-refractivity contribution in [3.63, 3.8) is 0 Å². The molecule has 49 heavy (non-hydrogen) atoms. The molecule has 2 aromatic carbocycles. The molecule has 2 aliphatic heterocycles. The second kappa shape index (κ2) is 12.3. The van der Waals surface area contributed by atoms with Crippen molar-refractivity contribution in [1.29, 1.82) is 0 Å². The summed E-state index contributed by atoms with van der Waals surface area (Å²) >= 11 is 0. The van der Waals surface area contributed by atoms with E-state index in [9.17, 15) is 0 Å². The normalized spacial score (nSPS) is 17.3. The van der Waals surface area contributed by atoms with Crippen LogP contribution in [0.2, 0.25) is 0 Å². The summed E-state index contributed by atoms with van der Waals surface area (Å²) in [6.07, 6.45) is 3.45. The van der Waals surface area contributed by atoms with Crippen LogP contribution in [0.1, 0.15) is 137 Å². The van der Waals surface area contributed by atoms with Crippen molar-refractivity contribution in [3.05, 3.63) is 70.8 Å². The van der Waals surface area contributed by atoms with E-state index < -0.39 is 14.0 Å². The second-order valence-electron chi connectivity index (χ2n) is 16.6. The minimum absolute atomic E-state index is 0.00455. The molecule has 260 valence electrons. The molecule has 0 radical (unpaired) electrons. The molecule has 4 aromatic rings. The average molecular weight is 667 g/mol. The van der Waals surface area contributed by atoms with Crippen molar-refractivity contribution in [2.45, 2.75) is 112 Å². The average Bonchev–Trinajstić information content (AvgIpc) is 3.66.